The van der Waals surface area contributed by atoms with Crippen molar-refractivity contribution in [2.75, 3.05) is 0 Å². The van der Waals surface area contributed by atoms with E-state index in [1.807, 2.05) is 0 Å². The summed E-state index contributed by atoms with van der Waals surface area (Å²) in [5.74, 6) is 0. The smallest absolute Gasteiger partial charge is 0.759 e. The molecule has 4 nitrogen and oxygen atoms in total. The molecule has 0 heterocycles. The monoisotopic (exact) mass is 250 g/mol. The number of hydrogen-bond donors (Lipinski definition) is 0. The maximum absolute atomic E-state index is 8.52. The van der Waals surface area contributed by atoms with E-state index < -0.39 is 10.4 Å². The van der Waals surface area contributed by atoms with Gasteiger partial charge in [-0.15, -0.1) is 0 Å². The summed E-state index contributed by atoms with van der Waals surface area (Å²) in [6.45, 7) is 0. The van der Waals surface area contributed by atoms with Crippen LogP contribution in [0.15, 0.2) is 0 Å². The van der Waals surface area contributed by atoms with E-state index in [1.165, 1.54) is 0 Å². The van der Waals surface area contributed by atoms with Gasteiger partial charge in [0.15, 0.2) is 0 Å². The van der Waals surface area contributed by atoms with Crippen LogP contribution in [-0.2, 0) is 37.7 Å². The first kappa shape index (κ1) is 16.0. The molecule has 0 saturated heterocycles. The summed E-state index contributed by atoms with van der Waals surface area (Å²) in [4.78, 5) is 0. The van der Waals surface area contributed by atoms with Crippen molar-refractivity contribution in [3.05, 3.63) is 0 Å². The van der Waals surface area contributed by atoms with Crippen molar-refractivity contribution >= 4 is 48.1 Å². The minimum absolute atomic E-state index is 0. The second kappa shape index (κ2) is 6.18. The first-order valence-electron chi connectivity index (χ1n) is 0.667. The zero-order valence-corrected chi connectivity index (χ0v) is 10.5. The van der Waals surface area contributed by atoms with Gasteiger partial charge in [-0.3, -0.25) is 8.42 Å². The Hall–Kier alpha value is 2.05. The summed E-state index contributed by atoms with van der Waals surface area (Å²) < 4.78 is 34.1. The Morgan fingerprint density at radius 3 is 1.14 bits per heavy atom. The molecule has 0 aliphatic carbocycles. The number of rotatable bonds is 0. The molecule has 0 aliphatic heterocycles. The van der Waals surface area contributed by atoms with Crippen molar-refractivity contribution in [1.29, 1.82) is 0 Å². The van der Waals surface area contributed by atoms with Crippen molar-refractivity contribution in [2.45, 2.75) is 0 Å². The van der Waals surface area contributed by atoms with E-state index in [1.54, 1.807) is 0 Å². The zero-order chi connectivity index (χ0) is 4.50. The standard InChI is InChI=1S/Ca.Cd.H2O4S/c;;1-5(2,3)4/h;;(H2,1,2,3,4)/q+2;;/p-2. The van der Waals surface area contributed by atoms with Crippen molar-refractivity contribution < 1.29 is 44.8 Å². The largest absolute Gasteiger partial charge is 2.00 e. The SMILES string of the molecule is O=S(=O)([O-])[O-].[Ca+2].[Cd]. The topological polar surface area (TPSA) is 80.3 Å². The van der Waals surface area contributed by atoms with Gasteiger partial charge in [0, 0.05) is 37.7 Å². The van der Waals surface area contributed by atoms with Gasteiger partial charge in [0.1, 0.15) is 0 Å². The molecule has 7 heteroatoms. The molecule has 0 aromatic carbocycles. The normalized spacial score (nSPS) is 8.29. The molecule has 7 heavy (non-hydrogen) atoms. The average molecular weight is 249 g/mol. The van der Waals surface area contributed by atoms with Crippen LogP contribution >= 0.6 is 0 Å². The van der Waals surface area contributed by atoms with E-state index in [-0.39, 0.29) is 65.0 Å². The average Bonchev–Trinajstić information content (AvgIpc) is 0.722. The predicted molar refractivity (Wildman–Crippen MR) is 16.2 cm³/mol. The van der Waals surface area contributed by atoms with E-state index >= 15 is 0 Å². The van der Waals surface area contributed by atoms with E-state index in [9.17, 15) is 0 Å². The molecule has 0 N–H and O–H groups in total. The van der Waals surface area contributed by atoms with Crippen molar-refractivity contribution in [2.24, 2.45) is 0 Å². The van der Waals surface area contributed by atoms with Gasteiger partial charge in [0.2, 0.25) is 0 Å². The van der Waals surface area contributed by atoms with Crippen LogP contribution in [0.5, 0.6) is 0 Å². The molecule has 0 aliphatic rings. The fourth-order valence-corrected chi connectivity index (χ4v) is 0. The van der Waals surface area contributed by atoms with Crippen LogP contribution in [0.1, 0.15) is 0 Å². The maximum atomic E-state index is 8.52. The van der Waals surface area contributed by atoms with Gasteiger partial charge < -0.3 is 9.11 Å². The second-order valence-electron chi connectivity index (χ2n) is 0.408. The van der Waals surface area contributed by atoms with Crippen LogP contribution in [0.25, 0.3) is 0 Å². The molecule has 34 valence electrons. The van der Waals surface area contributed by atoms with Gasteiger partial charge in [0.25, 0.3) is 0 Å². The Bertz CT molecular complexity index is 94.9. The first-order valence-corrected chi connectivity index (χ1v) is 2.00. The van der Waals surface area contributed by atoms with Crippen LogP contribution in [-0.4, -0.2) is 55.3 Å². The van der Waals surface area contributed by atoms with Gasteiger partial charge >= 0.3 is 37.7 Å². The molecule has 0 fully saturated rings. The third-order valence-corrected chi connectivity index (χ3v) is 0. The third kappa shape index (κ3) is 70.0. The molecule has 0 aromatic rings. The molecular weight excluding hydrogens is 249 g/mol. The predicted octanol–water partition coefficient (Wildman–Crippen LogP) is -1.72. The van der Waals surface area contributed by atoms with Gasteiger partial charge in [-0.05, 0) is 0 Å². The van der Waals surface area contributed by atoms with E-state index in [4.69, 9.17) is 17.5 Å². The number of hydrogen-bond acceptors (Lipinski definition) is 4. The molecule has 0 rings (SSSR count). The summed E-state index contributed by atoms with van der Waals surface area (Å²) >= 11 is 0. The van der Waals surface area contributed by atoms with Gasteiger partial charge in [-0.1, -0.05) is 0 Å². The van der Waals surface area contributed by atoms with Gasteiger partial charge in [-0.2, -0.15) is 0 Å². The summed E-state index contributed by atoms with van der Waals surface area (Å²) in [5, 5.41) is 0. The zero-order valence-electron chi connectivity index (χ0n) is 3.46. The van der Waals surface area contributed by atoms with Crippen LogP contribution in [0.4, 0.5) is 0 Å². The quantitative estimate of drug-likeness (QED) is 0.290. The molecule has 0 unspecified atom stereocenters. The first-order chi connectivity index (χ1) is 2.00. The molecule has 0 bridgehead atoms. The fraction of sp³-hybridized carbons (Fsp3) is 0. The van der Waals surface area contributed by atoms with Gasteiger partial charge in [0.05, 0.1) is 0 Å². The summed E-state index contributed by atoms with van der Waals surface area (Å²) in [6.07, 6.45) is 0. The molecule has 0 atom stereocenters. The Kier molecular flexibility index (Phi) is 14.1. The van der Waals surface area contributed by atoms with Crippen LogP contribution in [0, 0.1) is 0 Å². The minimum atomic E-state index is -5.17. The van der Waals surface area contributed by atoms with E-state index in [2.05, 4.69) is 0 Å². The van der Waals surface area contributed by atoms with Crippen LogP contribution in [0.3, 0.4) is 0 Å². The summed E-state index contributed by atoms with van der Waals surface area (Å²) in [7, 11) is -5.17. The van der Waals surface area contributed by atoms with Gasteiger partial charge in [-0.25, -0.2) is 0 Å². The molecule has 0 saturated carbocycles. The summed E-state index contributed by atoms with van der Waals surface area (Å²) in [6, 6.07) is 0. The van der Waals surface area contributed by atoms with E-state index in [0.29, 0.717) is 0 Å². The molecule has 0 spiro atoms. The molecule has 0 radical (unpaired) electrons. The Balaban J connectivity index is -0.0000000800. The fourth-order valence-electron chi connectivity index (χ4n) is 0. The summed E-state index contributed by atoms with van der Waals surface area (Å²) in [5.41, 5.74) is 0. The van der Waals surface area contributed by atoms with Crippen LogP contribution < -0.4 is 0 Å². The minimum Gasteiger partial charge on any atom is -0.759 e. The second-order valence-corrected chi connectivity index (χ2v) is 1.22. The molecule has 0 amide bonds. The molecule has 0 aromatic heterocycles. The molecular formula is CaCdO4S. The Labute approximate surface area is 91.4 Å². The van der Waals surface area contributed by atoms with Crippen molar-refractivity contribution in [1.82, 2.24) is 0 Å². The van der Waals surface area contributed by atoms with Crippen molar-refractivity contribution in [3.8, 4) is 0 Å². The third-order valence-electron chi connectivity index (χ3n) is 0. The Morgan fingerprint density at radius 1 is 1.14 bits per heavy atom. The Morgan fingerprint density at radius 2 is 1.14 bits per heavy atom. The maximum Gasteiger partial charge on any atom is 2.00 e. The van der Waals surface area contributed by atoms with Crippen LogP contribution in [0.2, 0.25) is 0 Å². The van der Waals surface area contributed by atoms with Crippen molar-refractivity contribution in [3.63, 3.8) is 0 Å². The van der Waals surface area contributed by atoms with E-state index in [0.717, 1.165) is 0 Å².